The number of hydrogen-bond acceptors (Lipinski definition) is 8. The van der Waals surface area contributed by atoms with Crippen molar-refractivity contribution in [2.45, 2.75) is 142 Å². The zero-order valence-electron chi connectivity index (χ0n) is 37.3. The van der Waals surface area contributed by atoms with Gasteiger partial charge in [-0.2, -0.15) is 0 Å². The van der Waals surface area contributed by atoms with E-state index in [1.165, 1.54) is 0 Å². The van der Waals surface area contributed by atoms with E-state index in [1.54, 1.807) is 0 Å². The van der Waals surface area contributed by atoms with E-state index in [0.717, 1.165) is 89.9 Å². The molecule has 0 aliphatic carbocycles. The summed E-state index contributed by atoms with van der Waals surface area (Å²) in [7, 11) is 5.86. The van der Waals surface area contributed by atoms with Crippen LogP contribution in [0.4, 0.5) is 0 Å². The van der Waals surface area contributed by atoms with Crippen LogP contribution in [0.3, 0.4) is 0 Å². The van der Waals surface area contributed by atoms with Crippen molar-refractivity contribution in [3.63, 3.8) is 0 Å². The average Bonchev–Trinajstić information content (AvgIpc) is 3.19. The van der Waals surface area contributed by atoms with Crippen LogP contribution in [0.5, 0.6) is 0 Å². The predicted molar refractivity (Wildman–Crippen MR) is 241 cm³/mol. The highest BCUT2D eigenvalue weighted by atomic mass is 16.7. The van der Waals surface area contributed by atoms with Gasteiger partial charge in [-0.15, -0.1) is 0 Å². The molecular formula is C50H79NO8. The molecular weight excluding hydrogens is 743 g/mol. The van der Waals surface area contributed by atoms with Gasteiger partial charge < -0.3 is 33.3 Å². The van der Waals surface area contributed by atoms with E-state index in [0.29, 0.717) is 23.9 Å². The summed E-state index contributed by atoms with van der Waals surface area (Å²) < 4.78 is 22.4. The minimum Gasteiger partial charge on any atom is -0.545 e. The van der Waals surface area contributed by atoms with Crippen molar-refractivity contribution in [1.29, 1.82) is 0 Å². The highest BCUT2D eigenvalue weighted by Crippen LogP contribution is 2.11. The first-order valence-corrected chi connectivity index (χ1v) is 22.0. The minimum absolute atomic E-state index is 0.126. The van der Waals surface area contributed by atoms with Crippen molar-refractivity contribution in [3.8, 4) is 0 Å². The van der Waals surface area contributed by atoms with Crippen molar-refractivity contribution in [3.05, 3.63) is 109 Å². The highest BCUT2D eigenvalue weighted by Gasteiger charge is 2.21. The van der Waals surface area contributed by atoms with Gasteiger partial charge in [-0.25, -0.2) is 0 Å². The second kappa shape index (κ2) is 40.7. The lowest BCUT2D eigenvalue weighted by atomic mass is 10.1. The van der Waals surface area contributed by atoms with Crippen LogP contribution in [0, 0.1) is 0 Å². The molecule has 59 heavy (non-hydrogen) atoms. The van der Waals surface area contributed by atoms with Crippen molar-refractivity contribution in [2.75, 3.05) is 47.5 Å². The van der Waals surface area contributed by atoms with Gasteiger partial charge in [-0.3, -0.25) is 9.59 Å². The zero-order chi connectivity index (χ0) is 43.5. The summed E-state index contributed by atoms with van der Waals surface area (Å²) >= 11 is 0. The molecule has 0 saturated heterocycles. The number of carbonyl (C=O) groups is 3. The maximum atomic E-state index is 12.7. The average molecular weight is 822 g/mol. The molecule has 0 spiro atoms. The van der Waals surface area contributed by atoms with E-state index < -0.39 is 30.3 Å². The number of hydrogen-bond donors (Lipinski definition) is 0. The topological polar surface area (TPSA) is 111 Å². The lowest BCUT2D eigenvalue weighted by molar-refractivity contribution is -0.870. The molecule has 2 unspecified atom stereocenters. The van der Waals surface area contributed by atoms with E-state index in [2.05, 4.69) is 111 Å². The fraction of sp³-hybridized carbons (Fsp3) is 0.580. The Morgan fingerprint density at radius 1 is 0.508 bits per heavy atom. The molecule has 332 valence electrons. The molecule has 0 aromatic heterocycles. The van der Waals surface area contributed by atoms with Crippen LogP contribution in [0.15, 0.2) is 109 Å². The summed E-state index contributed by atoms with van der Waals surface area (Å²) in [5, 5.41) is 11.7. The molecule has 0 aliphatic rings. The first kappa shape index (κ1) is 55.0. The Bertz CT molecular complexity index is 1330. The number of quaternary nitrogens is 1. The fourth-order valence-corrected chi connectivity index (χ4v) is 5.16. The predicted octanol–water partition coefficient (Wildman–Crippen LogP) is 10.3. The molecule has 0 fully saturated rings. The molecule has 0 saturated carbocycles. The van der Waals surface area contributed by atoms with Gasteiger partial charge in [0, 0.05) is 12.8 Å². The maximum absolute atomic E-state index is 12.7. The first-order valence-electron chi connectivity index (χ1n) is 22.0. The number of aliphatic carboxylic acids is 1. The Kier molecular flexibility index (Phi) is 37.9. The monoisotopic (exact) mass is 822 g/mol. The van der Waals surface area contributed by atoms with Crippen LogP contribution in [-0.4, -0.2) is 82.3 Å². The highest BCUT2D eigenvalue weighted by molar-refractivity contribution is 5.70. The van der Waals surface area contributed by atoms with Crippen LogP contribution >= 0.6 is 0 Å². The summed E-state index contributed by atoms with van der Waals surface area (Å²) in [5.41, 5.74) is 0. The molecule has 0 amide bonds. The zero-order valence-corrected chi connectivity index (χ0v) is 37.3. The summed E-state index contributed by atoms with van der Waals surface area (Å²) in [6, 6.07) is 0. The molecule has 0 radical (unpaired) electrons. The molecule has 0 heterocycles. The number of likely N-dealkylation sites (N-methyl/N-ethyl adjacent to an activating group) is 1. The number of rotatable bonds is 38. The van der Waals surface area contributed by atoms with E-state index in [4.69, 9.17) is 18.9 Å². The third kappa shape index (κ3) is 41.9. The van der Waals surface area contributed by atoms with Crippen LogP contribution < -0.4 is 5.11 Å². The molecule has 9 nitrogen and oxygen atoms in total. The third-order valence-electron chi connectivity index (χ3n) is 8.53. The second-order valence-corrected chi connectivity index (χ2v) is 15.2. The SMILES string of the molecule is CC/C=C\C/C=C\C/C=C\C/C=C\C/C=C\CCCCCCCC(=O)OC(COC(=O)CC/C=C\C/C=C\C/C=C\C/C=C\CC)COC(OCC[N+](C)(C)C)C(=O)[O-]. The lowest BCUT2D eigenvalue weighted by Gasteiger charge is -2.26. The molecule has 0 rings (SSSR count). The first-order chi connectivity index (χ1) is 28.6. The molecule has 2 atom stereocenters. The molecule has 9 heteroatoms. The number of esters is 2. The number of allylic oxidation sites excluding steroid dienone is 18. The standard InChI is InChI=1S/C50H79NO8/c1-6-8-10-12-14-16-18-20-21-22-23-24-25-26-27-29-31-33-35-37-39-41-48(53)59-46(45-58-50(49(54)55)56-43-42-51(3,4)5)44-57-47(52)40-38-36-34-32-30-28-19-17-15-13-11-9-7-2/h8-11,14-17,20-21,23-24,26-28,30,34,36,46,50H,6-7,12-13,18-19,22,25,29,31-33,35,37-45H2,1-5H3/b10-8-,11-9-,16-14-,17-15-,21-20-,24-23-,27-26-,30-28-,36-34-. The summed E-state index contributed by atoms with van der Waals surface area (Å²) in [4.78, 5) is 36.9. The van der Waals surface area contributed by atoms with Gasteiger partial charge in [0.15, 0.2) is 12.4 Å². The maximum Gasteiger partial charge on any atom is 0.306 e. The second-order valence-electron chi connectivity index (χ2n) is 15.2. The van der Waals surface area contributed by atoms with E-state index >= 15 is 0 Å². The third-order valence-corrected chi connectivity index (χ3v) is 8.53. The van der Waals surface area contributed by atoms with Crippen molar-refractivity contribution in [2.24, 2.45) is 0 Å². The molecule has 0 aromatic rings. The number of carboxylic acid groups (broad SMARTS) is 1. The Hall–Kier alpha value is -4.05. The molecule has 0 bridgehead atoms. The van der Waals surface area contributed by atoms with E-state index in [-0.39, 0.29) is 32.7 Å². The smallest absolute Gasteiger partial charge is 0.306 e. The molecule has 0 aliphatic heterocycles. The molecule has 0 N–H and O–H groups in total. The summed E-state index contributed by atoms with van der Waals surface area (Å²) in [6.45, 7) is 4.36. The Balaban J connectivity index is 4.57. The van der Waals surface area contributed by atoms with Gasteiger partial charge in [0.05, 0.1) is 40.3 Å². The summed E-state index contributed by atoms with van der Waals surface area (Å²) in [6.07, 6.45) is 51.4. The number of nitrogens with zero attached hydrogens (tertiary/aromatic N) is 1. The number of ether oxygens (including phenoxy) is 4. The lowest BCUT2D eigenvalue weighted by Crippen LogP contribution is -2.44. The van der Waals surface area contributed by atoms with Crippen LogP contribution in [-0.2, 0) is 33.3 Å². The fourth-order valence-electron chi connectivity index (χ4n) is 5.16. The van der Waals surface area contributed by atoms with Gasteiger partial charge in [-0.1, -0.05) is 142 Å². The Labute approximate surface area is 358 Å². The van der Waals surface area contributed by atoms with Crippen LogP contribution in [0.1, 0.15) is 129 Å². The number of carbonyl (C=O) groups excluding carboxylic acids is 3. The quantitative estimate of drug-likeness (QED) is 0.0199. The van der Waals surface area contributed by atoms with Crippen molar-refractivity contribution >= 4 is 17.9 Å². The van der Waals surface area contributed by atoms with Gasteiger partial charge in [0.25, 0.3) is 0 Å². The largest absolute Gasteiger partial charge is 0.545 e. The van der Waals surface area contributed by atoms with E-state index in [9.17, 15) is 19.5 Å². The van der Waals surface area contributed by atoms with E-state index in [1.807, 2.05) is 33.3 Å². The van der Waals surface area contributed by atoms with Crippen LogP contribution in [0.2, 0.25) is 0 Å². The van der Waals surface area contributed by atoms with Gasteiger partial charge in [0.2, 0.25) is 0 Å². The number of carboxylic acids is 1. The van der Waals surface area contributed by atoms with Gasteiger partial charge in [-0.05, 0) is 83.5 Å². The van der Waals surface area contributed by atoms with Gasteiger partial charge >= 0.3 is 11.9 Å². The van der Waals surface area contributed by atoms with Gasteiger partial charge in [0.1, 0.15) is 13.2 Å². The summed E-state index contributed by atoms with van der Waals surface area (Å²) in [5.74, 6) is -2.44. The minimum atomic E-state index is -1.65. The normalized spacial score (nSPS) is 14.0. The van der Waals surface area contributed by atoms with Crippen molar-refractivity contribution in [1.82, 2.24) is 0 Å². The van der Waals surface area contributed by atoms with Crippen LogP contribution in [0.25, 0.3) is 0 Å². The number of unbranched alkanes of at least 4 members (excludes halogenated alkanes) is 5. The molecule has 0 aromatic carbocycles. The Morgan fingerprint density at radius 3 is 1.42 bits per heavy atom. The Morgan fingerprint density at radius 2 is 0.949 bits per heavy atom. The van der Waals surface area contributed by atoms with Crippen molar-refractivity contribution < 1.29 is 42.9 Å².